The lowest BCUT2D eigenvalue weighted by molar-refractivity contribution is -0.212. The summed E-state index contributed by atoms with van der Waals surface area (Å²) < 4.78 is 43.4. The van der Waals surface area contributed by atoms with Gasteiger partial charge in [0.2, 0.25) is 0 Å². The Hall–Kier alpha value is -2.54. The fourth-order valence-corrected chi connectivity index (χ4v) is 2.09. The average Bonchev–Trinajstić information content (AvgIpc) is 2.58. The maximum atomic E-state index is 12.8. The first-order valence-electron chi connectivity index (χ1n) is 7.15. The van der Waals surface area contributed by atoms with Crippen LogP contribution in [0.4, 0.5) is 18.0 Å². The van der Waals surface area contributed by atoms with Gasteiger partial charge in [-0.1, -0.05) is 60.7 Å². The van der Waals surface area contributed by atoms with E-state index in [1.54, 1.807) is 36.4 Å². The van der Waals surface area contributed by atoms with E-state index in [4.69, 9.17) is 4.74 Å². The molecule has 2 aromatic carbocycles. The van der Waals surface area contributed by atoms with Gasteiger partial charge in [0.05, 0.1) is 6.04 Å². The van der Waals surface area contributed by atoms with Gasteiger partial charge in [0.1, 0.15) is 6.61 Å². The van der Waals surface area contributed by atoms with Crippen LogP contribution in [0.15, 0.2) is 60.7 Å². The molecule has 0 saturated carbocycles. The van der Waals surface area contributed by atoms with Gasteiger partial charge in [-0.05, 0) is 11.1 Å². The molecule has 0 fully saturated rings. The van der Waals surface area contributed by atoms with Crippen molar-refractivity contribution in [3.05, 3.63) is 71.8 Å². The number of nitrogens with one attached hydrogen (secondary N) is 1. The second-order valence-corrected chi connectivity index (χ2v) is 5.08. The summed E-state index contributed by atoms with van der Waals surface area (Å²) in [7, 11) is 0. The fourth-order valence-electron chi connectivity index (χ4n) is 2.09. The van der Waals surface area contributed by atoms with Crippen molar-refractivity contribution >= 4 is 6.09 Å². The van der Waals surface area contributed by atoms with Crippen LogP contribution in [0.1, 0.15) is 17.2 Å². The normalized spacial score (nSPS) is 13.8. The minimum absolute atomic E-state index is 0.0870. The van der Waals surface area contributed by atoms with E-state index in [1.807, 2.05) is 0 Å². The highest BCUT2D eigenvalue weighted by Crippen LogP contribution is 2.30. The van der Waals surface area contributed by atoms with Crippen molar-refractivity contribution in [2.24, 2.45) is 0 Å². The number of rotatable bonds is 5. The van der Waals surface area contributed by atoms with E-state index in [2.05, 4.69) is 5.32 Å². The van der Waals surface area contributed by atoms with Gasteiger partial charge in [0, 0.05) is 0 Å². The number of hydrogen-bond acceptors (Lipinski definition) is 3. The molecule has 0 unspecified atom stereocenters. The minimum atomic E-state index is -4.88. The maximum Gasteiger partial charge on any atom is 0.416 e. The van der Waals surface area contributed by atoms with Crippen molar-refractivity contribution in [3.8, 4) is 0 Å². The number of halogens is 3. The van der Waals surface area contributed by atoms with Crippen molar-refractivity contribution in [1.29, 1.82) is 0 Å². The zero-order chi connectivity index (χ0) is 17.6. The summed E-state index contributed by atoms with van der Waals surface area (Å²) in [6.07, 6.45) is -8.67. The number of amides is 1. The Balaban J connectivity index is 2.06. The Morgan fingerprint density at radius 1 is 1.04 bits per heavy atom. The first-order chi connectivity index (χ1) is 11.4. The summed E-state index contributed by atoms with van der Waals surface area (Å²) in [5.74, 6) is 0. The van der Waals surface area contributed by atoms with E-state index < -0.39 is 24.4 Å². The van der Waals surface area contributed by atoms with Crippen LogP contribution in [0.5, 0.6) is 0 Å². The molecule has 0 saturated heterocycles. The van der Waals surface area contributed by atoms with Crippen molar-refractivity contribution in [2.75, 3.05) is 0 Å². The van der Waals surface area contributed by atoms with Gasteiger partial charge >= 0.3 is 12.3 Å². The Morgan fingerprint density at radius 3 is 2.12 bits per heavy atom. The van der Waals surface area contributed by atoms with Crippen molar-refractivity contribution < 1.29 is 27.8 Å². The second kappa shape index (κ2) is 7.83. The maximum absolute atomic E-state index is 12.8. The first-order valence-corrected chi connectivity index (χ1v) is 7.15. The molecular weight excluding hydrogens is 323 g/mol. The van der Waals surface area contributed by atoms with E-state index >= 15 is 0 Å². The molecule has 2 atom stereocenters. The summed E-state index contributed by atoms with van der Waals surface area (Å²) >= 11 is 0. The van der Waals surface area contributed by atoms with Crippen LogP contribution < -0.4 is 5.32 Å². The number of alkyl halides is 3. The smallest absolute Gasteiger partial charge is 0.416 e. The third-order valence-corrected chi connectivity index (χ3v) is 3.30. The largest absolute Gasteiger partial charge is 0.445 e. The molecule has 0 aromatic heterocycles. The number of carbonyl (C=O) groups is 1. The van der Waals surface area contributed by atoms with E-state index in [-0.39, 0.29) is 12.2 Å². The van der Waals surface area contributed by atoms with Crippen molar-refractivity contribution in [1.82, 2.24) is 5.32 Å². The van der Waals surface area contributed by atoms with E-state index in [0.717, 1.165) is 0 Å². The van der Waals surface area contributed by atoms with Gasteiger partial charge < -0.3 is 15.2 Å². The standard InChI is InChI=1S/C17H16F3NO3/c18-17(19,20)15(22)14(13-9-5-2-6-10-13)21-16(23)24-11-12-7-3-1-4-8-12/h1-10,14-15,22H,11H2,(H,21,23)/t14-,15+/m1/s1. The third kappa shape index (κ3) is 4.99. The molecule has 0 aliphatic carbocycles. The number of benzene rings is 2. The summed E-state index contributed by atoms with van der Waals surface area (Å²) in [5, 5.41) is 11.6. The Bertz CT molecular complexity index is 647. The molecule has 0 spiro atoms. The first kappa shape index (κ1) is 17.8. The number of aliphatic hydroxyl groups is 1. The highest BCUT2D eigenvalue weighted by molar-refractivity contribution is 5.68. The average molecular weight is 339 g/mol. The van der Waals surface area contributed by atoms with Gasteiger partial charge in [-0.25, -0.2) is 4.79 Å². The molecule has 0 aliphatic heterocycles. The predicted molar refractivity (Wildman–Crippen MR) is 81.0 cm³/mol. The Labute approximate surface area is 136 Å². The third-order valence-electron chi connectivity index (χ3n) is 3.30. The number of hydrogen-bond donors (Lipinski definition) is 2. The van der Waals surface area contributed by atoms with Crippen LogP contribution in [0.25, 0.3) is 0 Å². The van der Waals surface area contributed by atoms with Crippen LogP contribution in [-0.4, -0.2) is 23.5 Å². The molecule has 0 bridgehead atoms. The lowest BCUT2D eigenvalue weighted by Crippen LogP contribution is -2.44. The highest BCUT2D eigenvalue weighted by atomic mass is 19.4. The number of ether oxygens (including phenoxy) is 1. The SMILES string of the molecule is O=C(N[C@H](c1ccccc1)[C@H](O)C(F)(F)F)OCc1ccccc1. The van der Waals surface area contributed by atoms with E-state index in [0.29, 0.717) is 5.56 Å². The second-order valence-electron chi connectivity index (χ2n) is 5.08. The topological polar surface area (TPSA) is 58.6 Å². The highest BCUT2D eigenvalue weighted by Gasteiger charge is 2.45. The quantitative estimate of drug-likeness (QED) is 0.875. The minimum Gasteiger partial charge on any atom is -0.445 e. The van der Waals surface area contributed by atoms with E-state index in [9.17, 15) is 23.1 Å². The monoisotopic (exact) mass is 339 g/mol. The molecule has 2 rings (SSSR count). The lowest BCUT2D eigenvalue weighted by atomic mass is 10.0. The molecule has 24 heavy (non-hydrogen) atoms. The number of alkyl carbamates (subject to hydrolysis) is 1. The van der Waals surface area contributed by atoms with Gasteiger partial charge in [-0.3, -0.25) is 0 Å². The predicted octanol–water partition coefficient (Wildman–Crippen LogP) is 3.58. The molecule has 0 heterocycles. The molecule has 2 aromatic rings. The molecule has 4 nitrogen and oxygen atoms in total. The van der Waals surface area contributed by atoms with Crippen LogP contribution in [0.2, 0.25) is 0 Å². The molecule has 1 amide bonds. The van der Waals surface area contributed by atoms with Crippen LogP contribution >= 0.6 is 0 Å². The molecule has 128 valence electrons. The van der Waals surface area contributed by atoms with Crippen molar-refractivity contribution in [2.45, 2.75) is 24.9 Å². The molecule has 7 heteroatoms. The number of carbonyl (C=O) groups excluding carboxylic acids is 1. The van der Waals surface area contributed by atoms with Gasteiger partial charge in [0.25, 0.3) is 0 Å². The van der Waals surface area contributed by atoms with Crippen molar-refractivity contribution in [3.63, 3.8) is 0 Å². The number of aliphatic hydroxyl groups excluding tert-OH is 1. The zero-order valence-electron chi connectivity index (χ0n) is 12.5. The van der Waals surface area contributed by atoms with Crippen LogP contribution in [0.3, 0.4) is 0 Å². The Morgan fingerprint density at radius 2 is 1.58 bits per heavy atom. The van der Waals surface area contributed by atoms with Gasteiger partial charge in [-0.2, -0.15) is 13.2 Å². The van der Waals surface area contributed by atoms with Crippen LogP contribution in [-0.2, 0) is 11.3 Å². The molecule has 0 radical (unpaired) electrons. The Kier molecular flexibility index (Phi) is 5.81. The zero-order valence-corrected chi connectivity index (χ0v) is 12.5. The lowest BCUT2D eigenvalue weighted by Gasteiger charge is -2.26. The summed E-state index contributed by atoms with van der Waals surface area (Å²) in [6.45, 7) is -0.0870. The summed E-state index contributed by atoms with van der Waals surface area (Å²) in [5.41, 5.74) is 0.819. The molecule has 0 aliphatic rings. The van der Waals surface area contributed by atoms with Gasteiger partial charge in [0.15, 0.2) is 6.10 Å². The summed E-state index contributed by atoms with van der Waals surface area (Å²) in [4.78, 5) is 11.8. The van der Waals surface area contributed by atoms with Gasteiger partial charge in [-0.15, -0.1) is 0 Å². The van der Waals surface area contributed by atoms with E-state index in [1.165, 1.54) is 24.3 Å². The van der Waals surface area contributed by atoms with Crippen LogP contribution in [0, 0.1) is 0 Å². The summed E-state index contributed by atoms with van der Waals surface area (Å²) in [6, 6.07) is 14.5. The fraction of sp³-hybridized carbons (Fsp3) is 0.235. The molecule has 2 N–H and O–H groups in total. The molecular formula is C17H16F3NO3.